The molecule has 1 aliphatic rings. The fourth-order valence-electron chi connectivity index (χ4n) is 3.69. The molecule has 0 radical (unpaired) electrons. The highest BCUT2D eigenvalue weighted by molar-refractivity contribution is 7.89. The molecule has 7 nitrogen and oxygen atoms in total. The van der Waals surface area contributed by atoms with E-state index in [-0.39, 0.29) is 5.56 Å². The van der Waals surface area contributed by atoms with Crippen LogP contribution >= 0.6 is 11.3 Å². The number of sulfonamides is 1. The summed E-state index contributed by atoms with van der Waals surface area (Å²) in [6.07, 6.45) is 1.11. The van der Waals surface area contributed by atoms with Gasteiger partial charge in [0.05, 0.1) is 12.7 Å². The Hall–Kier alpha value is -1.94. The maximum atomic E-state index is 12.9. The lowest BCUT2D eigenvalue weighted by Crippen LogP contribution is -2.60. The van der Waals surface area contributed by atoms with Crippen molar-refractivity contribution in [1.29, 1.82) is 0 Å². The zero-order valence-electron chi connectivity index (χ0n) is 15.0. The van der Waals surface area contributed by atoms with Gasteiger partial charge in [0, 0.05) is 5.41 Å². The Bertz CT molecular complexity index is 891. The van der Waals surface area contributed by atoms with E-state index in [0.717, 1.165) is 5.56 Å². The number of primary sulfonamides is 1. The molecular weight excluding hydrogens is 386 g/mol. The summed E-state index contributed by atoms with van der Waals surface area (Å²) in [5, 5.41) is 14.1. The van der Waals surface area contributed by atoms with Crippen LogP contribution in [0.15, 0.2) is 41.1 Å². The summed E-state index contributed by atoms with van der Waals surface area (Å²) in [7, 11) is -2.61. The normalized spacial score (nSPS) is 17.9. The van der Waals surface area contributed by atoms with Crippen molar-refractivity contribution in [2.45, 2.75) is 23.6 Å². The van der Waals surface area contributed by atoms with Crippen molar-refractivity contribution in [3.05, 3.63) is 52.2 Å². The van der Waals surface area contributed by atoms with E-state index in [1.165, 1.54) is 18.4 Å². The number of nitrogens with one attached hydrogen (secondary N) is 2. The first-order valence-corrected chi connectivity index (χ1v) is 11.1. The van der Waals surface area contributed by atoms with Crippen molar-refractivity contribution in [1.82, 2.24) is 10.6 Å². The zero-order valence-corrected chi connectivity index (χ0v) is 16.6. The quantitative estimate of drug-likeness (QED) is 0.668. The second-order valence-corrected chi connectivity index (χ2v) is 8.99. The molecular formula is C18H23N3O4S2. The Labute approximate surface area is 163 Å². The Morgan fingerprint density at radius 1 is 1.30 bits per heavy atom. The van der Waals surface area contributed by atoms with Gasteiger partial charge in [-0.25, -0.2) is 13.6 Å². The lowest BCUT2D eigenvalue weighted by Gasteiger charge is -2.42. The van der Waals surface area contributed by atoms with Crippen LogP contribution in [-0.2, 0) is 15.4 Å². The van der Waals surface area contributed by atoms with Crippen LogP contribution in [0.25, 0.3) is 0 Å². The van der Waals surface area contributed by atoms with E-state index in [0.29, 0.717) is 31.7 Å². The molecule has 27 heavy (non-hydrogen) atoms. The lowest BCUT2D eigenvalue weighted by molar-refractivity contribution is 0.0922. The summed E-state index contributed by atoms with van der Waals surface area (Å²) < 4.78 is 30.4. The second kappa shape index (κ2) is 7.97. The third-order valence-corrected chi connectivity index (χ3v) is 6.95. The summed E-state index contributed by atoms with van der Waals surface area (Å²) in [5.74, 6) is -0.155. The molecule has 1 unspecified atom stereocenters. The van der Waals surface area contributed by atoms with Crippen molar-refractivity contribution in [3.8, 4) is 5.75 Å². The number of hydrogen-bond acceptors (Lipinski definition) is 6. The largest absolute Gasteiger partial charge is 0.496 e. The highest BCUT2D eigenvalue weighted by Gasteiger charge is 2.48. The molecule has 1 amide bonds. The van der Waals surface area contributed by atoms with E-state index >= 15 is 0 Å². The monoisotopic (exact) mass is 409 g/mol. The molecule has 0 bridgehead atoms. The van der Waals surface area contributed by atoms with Crippen molar-refractivity contribution in [2.24, 2.45) is 5.14 Å². The van der Waals surface area contributed by atoms with Crippen LogP contribution in [0.5, 0.6) is 5.75 Å². The lowest BCUT2D eigenvalue weighted by atomic mass is 9.73. The highest BCUT2D eigenvalue weighted by Crippen LogP contribution is 2.39. The number of amides is 1. The minimum Gasteiger partial charge on any atom is -0.496 e. The molecule has 146 valence electrons. The molecule has 2 heterocycles. The van der Waals surface area contributed by atoms with E-state index in [2.05, 4.69) is 10.6 Å². The van der Waals surface area contributed by atoms with E-state index in [4.69, 9.17) is 9.88 Å². The average Bonchev–Trinajstić information content (AvgIpc) is 3.21. The number of carbonyl (C=O) groups is 1. The first kappa shape index (κ1) is 19.8. The zero-order chi connectivity index (χ0) is 19.5. The third kappa shape index (κ3) is 4.01. The SMILES string of the molecule is COc1ccccc1C(=O)NC(C1(c2ccsc2)CCNCC1)S(N)(=O)=O. The van der Waals surface area contributed by atoms with Gasteiger partial charge in [-0.05, 0) is 60.5 Å². The first-order chi connectivity index (χ1) is 12.9. The summed E-state index contributed by atoms with van der Waals surface area (Å²) in [5.41, 5.74) is 0.368. The highest BCUT2D eigenvalue weighted by atomic mass is 32.2. The molecule has 0 aliphatic carbocycles. The Kier molecular flexibility index (Phi) is 5.85. The number of ether oxygens (including phenoxy) is 1. The third-order valence-electron chi connectivity index (χ3n) is 5.04. The van der Waals surface area contributed by atoms with Gasteiger partial charge in [-0.15, -0.1) is 0 Å². The molecule has 1 aromatic carbocycles. The molecule has 3 rings (SSSR count). The van der Waals surface area contributed by atoms with E-state index in [1.54, 1.807) is 24.3 Å². The molecule has 9 heteroatoms. The van der Waals surface area contributed by atoms with Gasteiger partial charge in [0.2, 0.25) is 10.0 Å². The molecule has 1 atom stereocenters. The number of hydrogen-bond donors (Lipinski definition) is 3. The van der Waals surface area contributed by atoms with Gasteiger partial charge in [0.1, 0.15) is 5.75 Å². The minimum atomic E-state index is -4.07. The van der Waals surface area contributed by atoms with Crippen LogP contribution < -0.4 is 20.5 Å². The summed E-state index contributed by atoms with van der Waals surface area (Å²) in [6, 6.07) is 8.59. The number of rotatable bonds is 6. The second-order valence-electron chi connectivity index (χ2n) is 6.56. The predicted octanol–water partition coefficient (Wildman–Crippen LogP) is 1.42. The topological polar surface area (TPSA) is 111 Å². The number of thiophene rings is 1. The molecule has 4 N–H and O–H groups in total. The van der Waals surface area contributed by atoms with Crippen LogP contribution in [0.3, 0.4) is 0 Å². The van der Waals surface area contributed by atoms with Crippen LogP contribution in [-0.4, -0.2) is 39.9 Å². The van der Waals surface area contributed by atoms with E-state index in [1.807, 2.05) is 16.8 Å². The maximum Gasteiger partial charge on any atom is 0.256 e. The van der Waals surface area contributed by atoms with Gasteiger partial charge < -0.3 is 15.4 Å². The van der Waals surface area contributed by atoms with E-state index < -0.39 is 26.7 Å². The van der Waals surface area contributed by atoms with Crippen molar-refractivity contribution in [3.63, 3.8) is 0 Å². The number of para-hydroxylation sites is 1. The average molecular weight is 410 g/mol. The van der Waals surface area contributed by atoms with Gasteiger partial charge >= 0.3 is 0 Å². The molecule has 1 aromatic heterocycles. The van der Waals surface area contributed by atoms with Crippen LogP contribution in [0, 0.1) is 0 Å². The van der Waals surface area contributed by atoms with E-state index in [9.17, 15) is 13.2 Å². The maximum absolute atomic E-state index is 12.9. The number of methoxy groups -OCH3 is 1. The van der Waals surface area contributed by atoms with Crippen molar-refractivity contribution >= 4 is 27.3 Å². The van der Waals surface area contributed by atoms with Crippen LogP contribution in [0.2, 0.25) is 0 Å². The van der Waals surface area contributed by atoms with Gasteiger partial charge in [0.25, 0.3) is 5.91 Å². The number of nitrogens with two attached hydrogens (primary N) is 1. The molecule has 0 saturated carbocycles. The number of carbonyl (C=O) groups excluding carboxylic acids is 1. The van der Waals surface area contributed by atoms with Gasteiger partial charge in [-0.3, -0.25) is 4.79 Å². The molecule has 1 fully saturated rings. The van der Waals surface area contributed by atoms with Gasteiger partial charge in [-0.2, -0.15) is 11.3 Å². The van der Waals surface area contributed by atoms with Crippen molar-refractivity contribution < 1.29 is 17.9 Å². The molecule has 2 aromatic rings. The standard InChI is InChI=1S/C18H23N3O4S2/c1-25-15-5-3-2-4-14(15)16(22)21-17(27(19,23)24)18(7-9-20-10-8-18)13-6-11-26-12-13/h2-6,11-12,17,20H,7-10H2,1H3,(H,21,22)(H2,19,23,24). The Morgan fingerprint density at radius 2 is 2.00 bits per heavy atom. The predicted molar refractivity (Wildman–Crippen MR) is 105 cm³/mol. The Morgan fingerprint density at radius 3 is 2.59 bits per heavy atom. The minimum absolute atomic E-state index is 0.267. The fraction of sp³-hybridized carbons (Fsp3) is 0.389. The smallest absolute Gasteiger partial charge is 0.256 e. The van der Waals surface area contributed by atoms with Crippen molar-refractivity contribution in [2.75, 3.05) is 20.2 Å². The first-order valence-electron chi connectivity index (χ1n) is 8.57. The van der Waals surface area contributed by atoms with Gasteiger partial charge in [0.15, 0.2) is 5.37 Å². The Balaban J connectivity index is 2.02. The summed E-state index contributed by atoms with van der Waals surface area (Å²) in [4.78, 5) is 12.9. The molecule has 1 aliphatic heterocycles. The molecule has 0 spiro atoms. The summed E-state index contributed by atoms with van der Waals surface area (Å²) >= 11 is 1.49. The molecule has 1 saturated heterocycles. The van der Waals surface area contributed by atoms with Crippen LogP contribution in [0.1, 0.15) is 28.8 Å². The fourth-order valence-corrected chi connectivity index (χ4v) is 5.72. The number of piperidine rings is 1. The summed E-state index contributed by atoms with van der Waals surface area (Å²) in [6.45, 7) is 1.29. The van der Waals surface area contributed by atoms with Gasteiger partial charge in [-0.1, -0.05) is 12.1 Å². The van der Waals surface area contributed by atoms with Crippen LogP contribution in [0.4, 0.5) is 0 Å². The number of benzene rings is 1.